The van der Waals surface area contributed by atoms with Crippen LogP contribution < -0.4 is 9.64 Å². The van der Waals surface area contributed by atoms with Crippen LogP contribution >= 0.6 is 0 Å². The van der Waals surface area contributed by atoms with Gasteiger partial charge in [0, 0.05) is 26.1 Å². The molecule has 0 aliphatic carbocycles. The average molecular weight is 378 g/mol. The lowest BCUT2D eigenvalue weighted by atomic mass is 10.1. The largest absolute Gasteiger partial charge is 0.455 e. The summed E-state index contributed by atoms with van der Waals surface area (Å²) in [5, 5.41) is 0. The zero-order valence-electron chi connectivity index (χ0n) is 16.0. The first-order chi connectivity index (χ1) is 13.7. The van der Waals surface area contributed by atoms with Crippen molar-refractivity contribution in [1.29, 1.82) is 0 Å². The first-order valence-electron chi connectivity index (χ1n) is 10.1. The van der Waals surface area contributed by atoms with E-state index in [2.05, 4.69) is 0 Å². The summed E-state index contributed by atoms with van der Waals surface area (Å²) < 4.78 is 6.01. The van der Waals surface area contributed by atoms with Crippen LogP contribution in [0.25, 0.3) is 0 Å². The van der Waals surface area contributed by atoms with Crippen molar-refractivity contribution in [3.8, 4) is 11.5 Å². The topological polar surface area (TPSA) is 49.9 Å². The van der Waals surface area contributed by atoms with Crippen LogP contribution in [0.4, 0.5) is 5.69 Å². The van der Waals surface area contributed by atoms with Crippen LogP contribution in [0.5, 0.6) is 11.5 Å². The number of carbonyl (C=O) groups excluding carboxylic acids is 2. The lowest BCUT2D eigenvalue weighted by molar-refractivity contribution is -0.135. The van der Waals surface area contributed by atoms with E-state index in [1.54, 1.807) is 4.90 Å². The summed E-state index contributed by atoms with van der Waals surface area (Å²) in [7, 11) is 0. The second kappa shape index (κ2) is 8.46. The molecular formula is C23H26N2O3. The molecule has 2 heterocycles. The number of hydrogen-bond acceptors (Lipinski definition) is 3. The summed E-state index contributed by atoms with van der Waals surface area (Å²) >= 11 is 0. The smallest absolute Gasteiger partial charge is 0.228 e. The van der Waals surface area contributed by atoms with Crippen molar-refractivity contribution in [2.75, 3.05) is 24.5 Å². The van der Waals surface area contributed by atoms with Crippen LogP contribution in [-0.2, 0) is 9.59 Å². The number of anilines is 1. The lowest BCUT2D eigenvalue weighted by Gasteiger charge is -2.24. The van der Waals surface area contributed by atoms with Crippen molar-refractivity contribution in [2.24, 2.45) is 5.92 Å². The number of nitrogens with zero attached hydrogens (tertiary/aromatic N) is 2. The van der Waals surface area contributed by atoms with Crippen molar-refractivity contribution < 1.29 is 14.3 Å². The fraction of sp³-hybridized carbons (Fsp3) is 0.391. The number of ether oxygens (including phenoxy) is 1. The molecule has 0 spiro atoms. The van der Waals surface area contributed by atoms with Crippen LogP contribution in [0, 0.1) is 5.92 Å². The van der Waals surface area contributed by atoms with E-state index in [1.165, 1.54) is 12.8 Å². The van der Waals surface area contributed by atoms with E-state index in [1.807, 2.05) is 59.5 Å². The quantitative estimate of drug-likeness (QED) is 0.800. The van der Waals surface area contributed by atoms with E-state index < -0.39 is 0 Å². The first kappa shape index (κ1) is 18.5. The van der Waals surface area contributed by atoms with E-state index >= 15 is 0 Å². The van der Waals surface area contributed by atoms with Gasteiger partial charge < -0.3 is 14.5 Å². The Morgan fingerprint density at radius 3 is 2.32 bits per heavy atom. The molecule has 0 radical (unpaired) electrons. The molecule has 2 fully saturated rings. The maximum Gasteiger partial charge on any atom is 0.228 e. The lowest BCUT2D eigenvalue weighted by Crippen LogP contribution is -2.38. The number of hydrogen-bond donors (Lipinski definition) is 0. The van der Waals surface area contributed by atoms with Crippen molar-refractivity contribution in [2.45, 2.75) is 32.1 Å². The highest BCUT2D eigenvalue weighted by atomic mass is 16.5. The minimum absolute atomic E-state index is 0.0164. The van der Waals surface area contributed by atoms with E-state index in [0.29, 0.717) is 12.3 Å². The maximum atomic E-state index is 13.0. The minimum Gasteiger partial charge on any atom is -0.455 e. The number of para-hydroxylation sites is 3. The van der Waals surface area contributed by atoms with E-state index in [-0.39, 0.29) is 24.2 Å². The molecular weight excluding hydrogens is 352 g/mol. The highest BCUT2D eigenvalue weighted by Crippen LogP contribution is 2.36. The first-order valence-corrected chi connectivity index (χ1v) is 10.1. The third kappa shape index (κ3) is 4.03. The highest BCUT2D eigenvalue weighted by Gasteiger charge is 2.38. The van der Waals surface area contributed by atoms with Gasteiger partial charge in [-0.05, 0) is 37.1 Å². The summed E-state index contributed by atoms with van der Waals surface area (Å²) in [4.78, 5) is 29.4. The molecule has 5 nitrogen and oxygen atoms in total. The van der Waals surface area contributed by atoms with Crippen molar-refractivity contribution in [3.63, 3.8) is 0 Å². The molecule has 2 aliphatic heterocycles. The number of amides is 2. The molecule has 28 heavy (non-hydrogen) atoms. The second-order valence-electron chi connectivity index (χ2n) is 7.53. The molecule has 0 saturated carbocycles. The molecule has 2 saturated heterocycles. The molecule has 2 aromatic rings. The standard InChI is InChI=1S/C23H26N2O3/c26-22-16-18(23(27)24-14-8-1-2-9-15-24)17-25(22)20-12-6-7-13-21(20)28-19-10-4-3-5-11-19/h3-7,10-13,18H,1-2,8-9,14-17H2. The zero-order valence-corrected chi connectivity index (χ0v) is 16.0. The predicted molar refractivity (Wildman–Crippen MR) is 108 cm³/mol. The summed E-state index contributed by atoms with van der Waals surface area (Å²) in [6.45, 7) is 2.05. The summed E-state index contributed by atoms with van der Waals surface area (Å²) in [6.07, 6.45) is 4.76. The molecule has 2 aromatic carbocycles. The SMILES string of the molecule is O=C(C1CC(=O)N(c2ccccc2Oc2ccccc2)C1)N1CCCCCC1. The molecule has 0 N–H and O–H groups in total. The fourth-order valence-corrected chi connectivity index (χ4v) is 4.04. The molecule has 1 unspecified atom stereocenters. The Morgan fingerprint density at radius 2 is 1.57 bits per heavy atom. The maximum absolute atomic E-state index is 13.0. The summed E-state index contributed by atoms with van der Waals surface area (Å²) in [6, 6.07) is 17.1. The normalized spacial score (nSPS) is 20.1. The number of likely N-dealkylation sites (tertiary alicyclic amines) is 1. The molecule has 2 amide bonds. The summed E-state index contributed by atoms with van der Waals surface area (Å²) in [5.41, 5.74) is 0.725. The van der Waals surface area contributed by atoms with Gasteiger partial charge in [0.05, 0.1) is 11.6 Å². The van der Waals surface area contributed by atoms with Crippen LogP contribution in [0.3, 0.4) is 0 Å². The monoisotopic (exact) mass is 378 g/mol. The third-order valence-electron chi connectivity index (χ3n) is 5.52. The van der Waals surface area contributed by atoms with Gasteiger partial charge in [-0.3, -0.25) is 9.59 Å². The van der Waals surface area contributed by atoms with Gasteiger partial charge in [-0.1, -0.05) is 43.2 Å². The molecule has 146 valence electrons. The average Bonchev–Trinajstić information content (AvgIpc) is 2.92. The molecule has 0 aromatic heterocycles. The van der Waals surface area contributed by atoms with E-state index in [4.69, 9.17) is 4.74 Å². The minimum atomic E-state index is -0.268. The second-order valence-corrected chi connectivity index (χ2v) is 7.53. The van der Waals surface area contributed by atoms with E-state index in [9.17, 15) is 9.59 Å². The van der Waals surface area contributed by atoms with Gasteiger partial charge in [0.1, 0.15) is 5.75 Å². The number of benzene rings is 2. The van der Waals surface area contributed by atoms with Crippen LogP contribution in [-0.4, -0.2) is 36.3 Å². The summed E-state index contributed by atoms with van der Waals surface area (Å²) in [5.74, 6) is 1.19. The van der Waals surface area contributed by atoms with E-state index in [0.717, 1.165) is 37.4 Å². The van der Waals surface area contributed by atoms with Gasteiger partial charge in [-0.25, -0.2) is 0 Å². The van der Waals surface area contributed by atoms with Gasteiger partial charge >= 0.3 is 0 Å². The van der Waals surface area contributed by atoms with Crippen LogP contribution in [0.15, 0.2) is 54.6 Å². The van der Waals surface area contributed by atoms with Gasteiger partial charge in [0.2, 0.25) is 11.8 Å². The van der Waals surface area contributed by atoms with Crippen molar-refractivity contribution in [3.05, 3.63) is 54.6 Å². The molecule has 2 aliphatic rings. The third-order valence-corrected chi connectivity index (χ3v) is 5.52. The van der Waals surface area contributed by atoms with Crippen molar-refractivity contribution >= 4 is 17.5 Å². The molecule has 5 heteroatoms. The Balaban J connectivity index is 1.51. The van der Waals surface area contributed by atoms with Gasteiger partial charge in [-0.2, -0.15) is 0 Å². The Kier molecular flexibility index (Phi) is 5.60. The molecule has 1 atom stereocenters. The van der Waals surface area contributed by atoms with Crippen LogP contribution in [0.1, 0.15) is 32.1 Å². The van der Waals surface area contributed by atoms with Crippen LogP contribution in [0.2, 0.25) is 0 Å². The van der Waals surface area contributed by atoms with Gasteiger partial charge in [-0.15, -0.1) is 0 Å². The highest BCUT2D eigenvalue weighted by molar-refractivity contribution is 6.01. The molecule has 0 bridgehead atoms. The number of carbonyl (C=O) groups is 2. The molecule has 4 rings (SSSR count). The zero-order chi connectivity index (χ0) is 19.3. The predicted octanol–water partition coefficient (Wildman–Crippen LogP) is 4.23. The Morgan fingerprint density at radius 1 is 0.893 bits per heavy atom. The van der Waals surface area contributed by atoms with Gasteiger partial charge in [0.15, 0.2) is 5.75 Å². The Hall–Kier alpha value is -2.82. The Bertz CT molecular complexity index is 829. The fourth-order valence-electron chi connectivity index (χ4n) is 4.04. The van der Waals surface area contributed by atoms with Crippen molar-refractivity contribution in [1.82, 2.24) is 4.90 Å². The Labute approximate surface area is 165 Å². The van der Waals surface area contributed by atoms with Gasteiger partial charge in [0.25, 0.3) is 0 Å². The number of rotatable bonds is 4.